The molecule has 0 unspecified atom stereocenters. The molecule has 1 fully saturated rings. The van der Waals surface area contributed by atoms with Crippen molar-refractivity contribution in [2.45, 2.75) is 6.54 Å². The predicted octanol–water partition coefficient (Wildman–Crippen LogP) is 4.55. The van der Waals surface area contributed by atoms with E-state index in [-0.39, 0.29) is 12.5 Å². The molecule has 3 N–H and O–H groups in total. The van der Waals surface area contributed by atoms with Gasteiger partial charge in [0, 0.05) is 68.6 Å². The summed E-state index contributed by atoms with van der Waals surface area (Å²) >= 11 is 0. The second kappa shape index (κ2) is 14.1. The Hall–Kier alpha value is -5.49. The van der Waals surface area contributed by atoms with Gasteiger partial charge in [-0.25, -0.2) is 19.7 Å². The molecule has 12 heteroatoms. The number of urea groups is 1. The minimum absolute atomic E-state index is 0.253. The van der Waals surface area contributed by atoms with E-state index in [0.29, 0.717) is 28.8 Å². The maximum absolute atomic E-state index is 13.7. The molecule has 12 nitrogen and oxygen atoms in total. The molecule has 1 saturated heterocycles. The standard InChI is InChI=1S/C32H35N9O3/c1-4-31(42)37-24-8-5-9-26(17-24)41(32(43)34-21-23-7-6-12-33-20-23)30-19-29(35-22-36-30)38-27-11-10-25(18-28(27)44-3)40-15-13-39(2)14-16-40/h4-12,17-20,22H,1,13-16,21H2,2-3H3,(H,34,43)(H,37,42)(H,35,36,38). The lowest BCUT2D eigenvalue weighted by Crippen LogP contribution is -2.44. The summed E-state index contributed by atoms with van der Waals surface area (Å²) in [5.74, 6) is 1.07. The summed E-state index contributed by atoms with van der Waals surface area (Å²) in [5.41, 5.74) is 3.62. The van der Waals surface area contributed by atoms with E-state index in [2.05, 4.69) is 60.4 Å². The Labute approximate surface area is 256 Å². The zero-order valence-corrected chi connectivity index (χ0v) is 24.7. The molecule has 0 atom stereocenters. The third-order valence-electron chi connectivity index (χ3n) is 7.12. The zero-order chi connectivity index (χ0) is 30.9. The monoisotopic (exact) mass is 593 g/mol. The lowest BCUT2D eigenvalue weighted by atomic mass is 10.2. The van der Waals surface area contributed by atoms with E-state index in [1.165, 1.54) is 17.3 Å². The molecule has 0 spiro atoms. The number of ether oxygens (including phenoxy) is 1. The maximum Gasteiger partial charge on any atom is 0.327 e. The highest BCUT2D eigenvalue weighted by Gasteiger charge is 2.22. The fourth-order valence-electron chi connectivity index (χ4n) is 4.75. The van der Waals surface area contributed by atoms with Crippen molar-refractivity contribution >= 4 is 46.3 Å². The smallest absolute Gasteiger partial charge is 0.327 e. The van der Waals surface area contributed by atoms with Crippen molar-refractivity contribution in [1.29, 1.82) is 0 Å². The van der Waals surface area contributed by atoms with E-state index in [4.69, 9.17) is 4.74 Å². The Bertz CT molecular complexity index is 1610. The molecule has 44 heavy (non-hydrogen) atoms. The van der Waals surface area contributed by atoms with Crippen LogP contribution in [-0.4, -0.2) is 72.1 Å². The van der Waals surface area contributed by atoms with Crippen LogP contribution < -0.4 is 30.5 Å². The minimum Gasteiger partial charge on any atom is -0.494 e. The van der Waals surface area contributed by atoms with Crippen LogP contribution in [0.25, 0.3) is 0 Å². The highest BCUT2D eigenvalue weighted by atomic mass is 16.5. The van der Waals surface area contributed by atoms with Gasteiger partial charge in [0.2, 0.25) is 5.91 Å². The average molecular weight is 594 g/mol. The number of amides is 3. The summed E-state index contributed by atoms with van der Waals surface area (Å²) in [6.45, 7) is 7.65. The molecule has 0 saturated carbocycles. The topological polar surface area (TPSA) is 128 Å². The van der Waals surface area contributed by atoms with Gasteiger partial charge in [-0.2, -0.15) is 0 Å². The first kappa shape index (κ1) is 30.0. The van der Waals surface area contributed by atoms with Crippen molar-refractivity contribution in [3.63, 3.8) is 0 Å². The number of piperazine rings is 1. The second-order valence-corrected chi connectivity index (χ2v) is 10.2. The Morgan fingerprint density at radius 1 is 1.05 bits per heavy atom. The molecule has 226 valence electrons. The molecule has 1 aliphatic heterocycles. The van der Waals surface area contributed by atoms with Crippen LogP contribution >= 0.6 is 0 Å². The molecular weight excluding hydrogens is 558 g/mol. The number of pyridine rings is 1. The van der Waals surface area contributed by atoms with E-state index < -0.39 is 6.03 Å². The van der Waals surface area contributed by atoms with Crippen molar-refractivity contribution in [3.05, 3.63) is 97.6 Å². The summed E-state index contributed by atoms with van der Waals surface area (Å²) < 4.78 is 5.72. The van der Waals surface area contributed by atoms with Gasteiger partial charge < -0.3 is 30.5 Å². The molecule has 0 radical (unpaired) electrons. The van der Waals surface area contributed by atoms with E-state index >= 15 is 0 Å². The zero-order valence-electron chi connectivity index (χ0n) is 24.7. The summed E-state index contributed by atoms with van der Waals surface area (Å²) in [5, 5.41) is 8.98. The Morgan fingerprint density at radius 3 is 2.64 bits per heavy atom. The minimum atomic E-state index is -0.431. The molecule has 4 aromatic rings. The molecule has 3 amide bonds. The van der Waals surface area contributed by atoms with Crippen molar-refractivity contribution in [3.8, 4) is 5.75 Å². The quantitative estimate of drug-likeness (QED) is 0.227. The average Bonchev–Trinajstić information content (AvgIpc) is 3.05. The molecule has 5 rings (SSSR count). The van der Waals surface area contributed by atoms with Gasteiger partial charge in [-0.1, -0.05) is 18.7 Å². The lowest BCUT2D eigenvalue weighted by molar-refractivity contribution is -0.111. The number of carbonyl (C=O) groups is 2. The number of hydrogen-bond donors (Lipinski definition) is 3. The number of anilines is 6. The van der Waals surface area contributed by atoms with Crippen LogP contribution in [0, 0.1) is 0 Å². The van der Waals surface area contributed by atoms with Gasteiger partial charge in [0.1, 0.15) is 23.7 Å². The first-order valence-electron chi connectivity index (χ1n) is 14.1. The summed E-state index contributed by atoms with van der Waals surface area (Å²) in [7, 11) is 3.76. The molecule has 3 heterocycles. The summed E-state index contributed by atoms with van der Waals surface area (Å²) in [4.78, 5) is 44.6. The van der Waals surface area contributed by atoms with Crippen LogP contribution in [0.2, 0.25) is 0 Å². The van der Waals surface area contributed by atoms with Gasteiger partial charge in [-0.15, -0.1) is 0 Å². The number of nitrogens with zero attached hydrogens (tertiary/aromatic N) is 6. The van der Waals surface area contributed by atoms with Crippen molar-refractivity contribution in [1.82, 2.24) is 25.2 Å². The highest BCUT2D eigenvalue weighted by Crippen LogP contribution is 2.33. The summed E-state index contributed by atoms with van der Waals surface area (Å²) in [6, 6.07) is 17.8. The number of aromatic nitrogens is 3. The first-order valence-corrected chi connectivity index (χ1v) is 14.1. The van der Waals surface area contributed by atoms with Crippen LogP contribution in [-0.2, 0) is 11.3 Å². The van der Waals surface area contributed by atoms with Crippen LogP contribution in [0.15, 0.2) is 92.0 Å². The van der Waals surface area contributed by atoms with E-state index in [9.17, 15) is 9.59 Å². The SMILES string of the molecule is C=CC(=O)Nc1cccc(N(C(=O)NCc2cccnc2)c2cc(Nc3ccc(N4CCN(C)CC4)cc3OC)ncn2)c1. The highest BCUT2D eigenvalue weighted by molar-refractivity contribution is 6.01. The molecule has 2 aromatic carbocycles. The van der Waals surface area contributed by atoms with E-state index in [0.717, 1.165) is 43.1 Å². The van der Waals surface area contributed by atoms with Crippen LogP contribution in [0.1, 0.15) is 5.56 Å². The van der Waals surface area contributed by atoms with Gasteiger partial charge in [0.15, 0.2) is 0 Å². The van der Waals surface area contributed by atoms with Gasteiger partial charge in [-0.05, 0) is 55.1 Å². The van der Waals surface area contributed by atoms with Crippen LogP contribution in [0.3, 0.4) is 0 Å². The molecule has 2 aromatic heterocycles. The van der Waals surface area contributed by atoms with E-state index in [1.54, 1.807) is 55.9 Å². The lowest BCUT2D eigenvalue weighted by Gasteiger charge is -2.34. The fraction of sp³-hybridized carbons (Fsp3) is 0.219. The van der Waals surface area contributed by atoms with Gasteiger partial charge in [-0.3, -0.25) is 9.78 Å². The molecule has 0 bridgehead atoms. The predicted molar refractivity (Wildman–Crippen MR) is 172 cm³/mol. The van der Waals surface area contributed by atoms with Gasteiger partial charge in [0.05, 0.1) is 18.5 Å². The van der Waals surface area contributed by atoms with Gasteiger partial charge >= 0.3 is 6.03 Å². The number of rotatable bonds is 10. The van der Waals surface area contributed by atoms with Crippen molar-refractivity contribution in [2.24, 2.45) is 0 Å². The summed E-state index contributed by atoms with van der Waals surface area (Å²) in [6.07, 6.45) is 5.92. The second-order valence-electron chi connectivity index (χ2n) is 10.2. The number of methoxy groups -OCH3 is 1. The number of nitrogens with one attached hydrogen (secondary N) is 3. The van der Waals surface area contributed by atoms with Crippen LogP contribution in [0.4, 0.5) is 39.2 Å². The van der Waals surface area contributed by atoms with E-state index in [1.807, 2.05) is 18.2 Å². The first-order chi connectivity index (χ1) is 21.4. The van der Waals surface area contributed by atoms with Crippen molar-refractivity contribution in [2.75, 3.05) is 60.8 Å². The largest absolute Gasteiger partial charge is 0.494 e. The normalized spacial score (nSPS) is 13.1. The number of carbonyl (C=O) groups excluding carboxylic acids is 2. The molecular formula is C32H35N9O3. The number of benzene rings is 2. The third-order valence-corrected chi connectivity index (χ3v) is 7.12. The molecule has 1 aliphatic rings. The Kier molecular flexibility index (Phi) is 9.62. The number of likely N-dealkylation sites (N-methyl/N-ethyl adjacent to an activating group) is 1. The van der Waals surface area contributed by atoms with Gasteiger partial charge in [0.25, 0.3) is 0 Å². The Balaban J connectivity index is 1.42. The number of hydrogen-bond acceptors (Lipinski definition) is 9. The molecule has 0 aliphatic carbocycles. The van der Waals surface area contributed by atoms with Crippen LogP contribution in [0.5, 0.6) is 5.75 Å². The fourth-order valence-corrected chi connectivity index (χ4v) is 4.75. The third kappa shape index (κ3) is 7.47. The maximum atomic E-state index is 13.7. The Morgan fingerprint density at radius 2 is 1.89 bits per heavy atom. The van der Waals surface area contributed by atoms with Crippen molar-refractivity contribution < 1.29 is 14.3 Å².